The summed E-state index contributed by atoms with van der Waals surface area (Å²) in [5.41, 5.74) is 3.61. The molecule has 2 heterocycles. The third-order valence-corrected chi connectivity index (χ3v) is 6.68. The summed E-state index contributed by atoms with van der Waals surface area (Å²) in [7, 11) is 0. The molecule has 0 aliphatic carbocycles. The smallest absolute Gasteiger partial charge is 0.230 e. The van der Waals surface area contributed by atoms with Crippen LogP contribution < -0.4 is 5.32 Å². The maximum atomic E-state index is 12.4. The second-order valence-corrected chi connectivity index (χ2v) is 8.54. The van der Waals surface area contributed by atoms with E-state index in [1.165, 1.54) is 0 Å². The minimum Gasteiger partial charge on any atom is -0.326 e. The monoisotopic (exact) mass is 397 g/mol. The first kappa shape index (κ1) is 17.2. The quantitative estimate of drug-likeness (QED) is 0.463. The largest absolute Gasteiger partial charge is 0.326 e. The molecular weight excluding hydrogens is 382 g/mol. The summed E-state index contributed by atoms with van der Waals surface area (Å²) in [5.74, 6) is -0.0659. The molecule has 4 aromatic rings. The highest BCUT2D eigenvalue weighted by molar-refractivity contribution is 8.00. The number of hydrogen-bond acceptors (Lipinski definition) is 6. The van der Waals surface area contributed by atoms with Crippen molar-refractivity contribution < 1.29 is 4.79 Å². The molecule has 0 saturated carbocycles. The lowest BCUT2D eigenvalue weighted by molar-refractivity contribution is -0.115. The molecule has 1 amide bonds. The Kier molecular flexibility index (Phi) is 5.01. The average molecular weight is 398 g/mol. The van der Waals surface area contributed by atoms with Crippen LogP contribution in [0.2, 0.25) is 0 Å². The van der Waals surface area contributed by atoms with E-state index in [2.05, 4.69) is 15.3 Å². The zero-order valence-electron chi connectivity index (χ0n) is 13.9. The van der Waals surface area contributed by atoms with Gasteiger partial charge in [-0.2, -0.15) is 0 Å². The molecule has 4 nitrogen and oxygen atoms in total. The molecule has 1 N–H and O–H groups in total. The number of thioether (sulfide) groups is 1. The van der Waals surface area contributed by atoms with Gasteiger partial charge in [0.05, 0.1) is 22.3 Å². The maximum Gasteiger partial charge on any atom is 0.230 e. The van der Waals surface area contributed by atoms with Crippen molar-refractivity contribution in [1.82, 2.24) is 9.97 Å². The lowest BCUT2D eigenvalue weighted by atomic mass is 10.2. The number of benzene rings is 2. The first-order valence-corrected chi connectivity index (χ1v) is 10.9. The van der Waals surface area contributed by atoms with Gasteiger partial charge >= 0.3 is 0 Å². The van der Waals surface area contributed by atoms with Crippen LogP contribution in [-0.2, 0) is 11.2 Å². The number of hydrogen-bond donors (Lipinski definition) is 1. The summed E-state index contributed by atoms with van der Waals surface area (Å²) >= 11 is 4.82. The van der Waals surface area contributed by atoms with Gasteiger partial charge in [0.25, 0.3) is 0 Å². The van der Waals surface area contributed by atoms with Crippen molar-refractivity contribution in [3.63, 3.8) is 0 Å². The zero-order valence-corrected chi connectivity index (χ0v) is 16.4. The third kappa shape index (κ3) is 3.80. The van der Waals surface area contributed by atoms with E-state index in [-0.39, 0.29) is 12.3 Å². The number of anilines is 1. The van der Waals surface area contributed by atoms with E-state index in [9.17, 15) is 4.79 Å². The van der Waals surface area contributed by atoms with E-state index >= 15 is 0 Å². The highest BCUT2D eigenvalue weighted by atomic mass is 32.2. The van der Waals surface area contributed by atoms with Gasteiger partial charge in [-0.25, -0.2) is 9.97 Å². The van der Waals surface area contributed by atoms with Gasteiger partial charge in [0.15, 0.2) is 4.34 Å². The number of thiazole rings is 2. The molecule has 0 atom stereocenters. The molecule has 0 aliphatic rings. The first-order valence-electron chi connectivity index (χ1n) is 7.95. The Morgan fingerprint density at radius 2 is 2.00 bits per heavy atom. The van der Waals surface area contributed by atoms with Crippen LogP contribution in [0.3, 0.4) is 0 Å². The summed E-state index contributed by atoms with van der Waals surface area (Å²) in [6.45, 7) is 0. The zero-order chi connectivity index (χ0) is 17.9. The van der Waals surface area contributed by atoms with Crippen LogP contribution in [0.5, 0.6) is 0 Å². The van der Waals surface area contributed by atoms with E-state index in [4.69, 9.17) is 0 Å². The number of carbonyl (C=O) groups excluding carboxylic acids is 1. The van der Waals surface area contributed by atoms with Crippen molar-refractivity contribution in [2.45, 2.75) is 10.8 Å². The molecule has 4 rings (SSSR count). The molecule has 0 fully saturated rings. The maximum absolute atomic E-state index is 12.4. The molecule has 0 radical (unpaired) electrons. The van der Waals surface area contributed by atoms with Gasteiger partial charge in [0, 0.05) is 16.6 Å². The average Bonchev–Trinajstić information content (AvgIpc) is 3.28. The van der Waals surface area contributed by atoms with E-state index in [0.717, 1.165) is 36.5 Å². The van der Waals surface area contributed by atoms with Crippen molar-refractivity contribution in [2.75, 3.05) is 11.6 Å². The Morgan fingerprint density at radius 3 is 2.81 bits per heavy atom. The van der Waals surface area contributed by atoms with E-state index in [0.29, 0.717) is 0 Å². The second kappa shape index (κ2) is 7.57. The minimum absolute atomic E-state index is 0.0659. The lowest BCUT2D eigenvalue weighted by Gasteiger charge is -2.03. The Labute approximate surface area is 163 Å². The van der Waals surface area contributed by atoms with Crippen LogP contribution in [0.25, 0.3) is 20.8 Å². The Morgan fingerprint density at radius 1 is 1.15 bits per heavy atom. The van der Waals surface area contributed by atoms with Crippen molar-refractivity contribution >= 4 is 56.2 Å². The summed E-state index contributed by atoms with van der Waals surface area (Å²) < 4.78 is 2.10. The molecule has 0 spiro atoms. The van der Waals surface area contributed by atoms with Gasteiger partial charge in [0.1, 0.15) is 5.01 Å². The minimum atomic E-state index is -0.0659. The van der Waals surface area contributed by atoms with E-state index < -0.39 is 0 Å². The predicted molar refractivity (Wildman–Crippen MR) is 111 cm³/mol. The molecule has 2 aromatic heterocycles. The fraction of sp³-hybridized carbons (Fsp3) is 0.105. The highest BCUT2D eigenvalue weighted by Gasteiger charge is 2.10. The van der Waals surface area contributed by atoms with Crippen LogP contribution in [0.15, 0.2) is 58.3 Å². The van der Waals surface area contributed by atoms with Gasteiger partial charge in [0.2, 0.25) is 5.91 Å². The first-order chi connectivity index (χ1) is 12.7. The molecule has 0 unspecified atom stereocenters. The van der Waals surface area contributed by atoms with Gasteiger partial charge in [-0.1, -0.05) is 42.1 Å². The number of fused-ring (bicyclic) bond motifs is 1. The number of nitrogens with one attached hydrogen (secondary N) is 1. The standard InChI is InChI=1S/C19H15N3OS3/c1-24-19-22-15-8-7-13(9-16(15)26-19)20-17(23)10-14-11-25-18(21-14)12-5-3-2-4-6-12/h2-9,11H,10H2,1H3,(H,20,23). The molecular formula is C19H15N3OS3. The number of aromatic nitrogens is 2. The van der Waals surface area contributed by atoms with Crippen LogP contribution in [0, 0.1) is 0 Å². The van der Waals surface area contributed by atoms with Crippen molar-refractivity contribution in [3.05, 3.63) is 59.6 Å². The summed E-state index contributed by atoms with van der Waals surface area (Å²) in [4.78, 5) is 21.4. The van der Waals surface area contributed by atoms with Gasteiger partial charge < -0.3 is 5.32 Å². The Hall–Kier alpha value is -2.22. The van der Waals surface area contributed by atoms with Gasteiger partial charge in [-0.3, -0.25) is 4.79 Å². The molecule has 0 saturated heterocycles. The fourth-order valence-corrected chi connectivity index (χ4v) is 4.89. The lowest BCUT2D eigenvalue weighted by Crippen LogP contribution is -2.14. The van der Waals surface area contributed by atoms with Crippen molar-refractivity contribution in [1.29, 1.82) is 0 Å². The number of rotatable bonds is 5. The summed E-state index contributed by atoms with van der Waals surface area (Å²) in [6.07, 6.45) is 2.28. The van der Waals surface area contributed by atoms with E-state index in [1.807, 2.05) is 60.2 Å². The van der Waals surface area contributed by atoms with Crippen LogP contribution >= 0.6 is 34.4 Å². The molecule has 130 valence electrons. The molecule has 26 heavy (non-hydrogen) atoms. The van der Waals surface area contributed by atoms with Gasteiger partial charge in [-0.05, 0) is 24.5 Å². The van der Waals surface area contributed by atoms with Crippen LogP contribution in [0.1, 0.15) is 5.69 Å². The third-order valence-electron chi connectivity index (χ3n) is 3.74. The van der Waals surface area contributed by atoms with Gasteiger partial charge in [-0.15, -0.1) is 22.7 Å². The van der Waals surface area contributed by atoms with Crippen molar-refractivity contribution in [2.24, 2.45) is 0 Å². The van der Waals surface area contributed by atoms with Crippen molar-refractivity contribution in [3.8, 4) is 10.6 Å². The number of nitrogens with zero attached hydrogens (tertiary/aromatic N) is 2. The Bertz CT molecular complexity index is 1060. The van der Waals surface area contributed by atoms with Crippen LogP contribution in [0.4, 0.5) is 5.69 Å². The molecule has 0 aliphatic heterocycles. The number of amides is 1. The fourth-order valence-electron chi connectivity index (χ4n) is 2.54. The SMILES string of the molecule is CSc1nc2ccc(NC(=O)Cc3csc(-c4ccccc4)n3)cc2s1. The summed E-state index contributed by atoms with van der Waals surface area (Å²) in [5, 5.41) is 5.83. The molecule has 7 heteroatoms. The number of carbonyl (C=O) groups is 1. The Balaban J connectivity index is 1.45. The highest BCUT2D eigenvalue weighted by Crippen LogP contribution is 2.30. The van der Waals surface area contributed by atoms with Crippen LogP contribution in [-0.4, -0.2) is 22.1 Å². The normalized spacial score (nSPS) is 11.0. The topological polar surface area (TPSA) is 54.9 Å². The van der Waals surface area contributed by atoms with E-state index in [1.54, 1.807) is 34.4 Å². The second-order valence-electron chi connectivity index (χ2n) is 5.60. The summed E-state index contributed by atoms with van der Waals surface area (Å²) in [6, 6.07) is 15.8. The predicted octanol–water partition coefficient (Wildman–Crippen LogP) is 5.32. The molecule has 2 aromatic carbocycles. The molecule has 0 bridgehead atoms.